The molecule has 1 aromatic rings. The fourth-order valence-corrected chi connectivity index (χ4v) is 2.72. The van der Waals surface area contributed by atoms with Gasteiger partial charge in [-0.3, -0.25) is 0 Å². The summed E-state index contributed by atoms with van der Waals surface area (Å²) in [7, 11) is 0. The van der Waals surface area contributed by atoms with Crippen LogP contribution in [0.25, 0.3) is 0 Å². The maximum absolute atomic E-state index is 12.0. The molecule has 98 valence electrons. The van der Waals surface area contributed by atoms with E-state index in [1.807, 2.05) is 0 Å². The highest BCUT2D eigenvalue weighted by atomic mass is 19.4. The van der Waals surface area contributed by atoms with Gasteiger partial charge in [0.25, 0.3) is 0 Å². The van der Waals surface area contributed by atoms with Crippen LogP contribution in [0.1, 0.15) is 6.42 Å². The third-order valence-electron chi connectivity index (χ3n) is 3.46. The molecule has 0 aromatic heterocycles. The fraction of sp³-hybridized carbons (Fsp3) is 0.500. The van der Waals surface area contributed by atoms with Gasteiger partial charge in [0.2, 0.25) is 0 Å². The van der Waals surface area contributed by atoms with Crippen LogP contribution in [0, 0.1) is 0 Å². The van der Waals surface area contributed by atoms with Gasteiger partial charge in [0.1, 0.15) is 5.75 Å². The Morgan fingerprint density at radius 1 is 1.22 bits per heavy atom. The summed E-state index contributed by atoms with van der Waals surface area (Å²) < 4.78 is 39.9. The van der Waals surface area contributed by atoms with Crippen molar-refractivity contribution in [3.8, 4) is 5.75 Å². The first kappa shape index (κ1) is 11.6. The van der Waals surface area contributed by atoms with E-state index in [4.69, 9.17) is 0 Å². The van der Waals surface area contributed by atoms with Gasteiger partial charge in [-0.25, -0.2) is 0 Å². The van der Waals surface area contributed by atoms with E-state index in [0.717, 1.165) is 25.2 Å². The van der Waals surface area contributed by atoms with E-state index >= 15 is 0 Å². The second kappa shape index (κ2) is 4.05. The number of benzene rings is 1. The zero-order valence-corrected chi connectivity index (χ0v) is 9.57. The quantitative estimate of drug-likeness (QED) is 0.879. The lowest BCUT2D eigenvalue weighted by molar-refractivity contribution is -0.274. The third kappa shape index (κ3) is 2.25. The van der Waals surface area contributed by atoms with Crippen LogP contribution in [0.3, 0.4) is 0 Å². The lowest BCUT2D eigenvalue weighted by atomic mass is 10.2. The topological polar surface area (TPSA) is 24.5 Å². The number of alkyl halides is 3. The number of halogens is 3. The smallest absolute Gasteiger partial charge is 0.406 e. The fourth-order valence-electron chi connectivity index (χ4n) is 2.72. The number of rotatable bonds is 2. The summed E-state index contributed by atoms with van der Waals surface area (Å²) in [5.41, 5.74) is 0.957. The Bertz CT molecular complexity index is 432. The van der Waals surface area contributed by atoms with E-state index < -0.39 is 6.36 Å². The average Bonchev–Trinajstić information content (AvgIpc) is 2.89. The Morgan fingerprint density at radius 2 is 1.94 bits per heavy atom. The zero-order chi connectivity index (χ0) is 12.8. The van der Waals surface area contributed by atoms with Crippen LogP contribution >= 0.6 is 0 Å². The molecule has 0 spiro atoms. The summed E-state index contributed by atoms with van der Waals surface area (Å²) in [5, 5.41) is 3.38. The molecule has 0 saturated carbocycles. The van der Waals surface area contributed by atoms with Gasteiger partial charge in [-0.1, -0.05) is 0 Å². The Balaban J connectivity index is 1.71. The summed E-state index contributed by atoms with van der Waals surface area (Å²) in [6.45, 7) is 1.87. The van der Waals surface area contributed by atoms with Gasteiger partial charge >= 0.3 is 6.36 Å². The van der Waals surface area contributed by atoms with E-state index in [1.165, 1.54) is 12.1 Å². The molecule has 0 amide bonds. The van der Waals surface area contributed by atoms with Gasteiger partial charge in [0.15, 0.2) is 0 Å². The molecule has 0 radical (unpaired) electrons. The molecule has 1 aromatic carbocycles. The van der Waals surface area contributed by atoms with E-state index in [-0.39, 0.29) is 5.75 Å². The zero-order valence-electron chi connectivity index (χ0n) is 9.57. The van der Waals surface area contributed by atoms with Gasteiger partial charge in [-0.05, 0) is 30.7 Å². The minimum Gasteiger partial charge on any atom is -0.406 e. The Hall–Kier alpha value is -1.43. The van der Waals surface area contributed by atoms with Crippen LogP contribution in [0.2, 0.25) is 0 Å². The second-order valence-electron chi connectivity index (χ2n) is 4.69. The lowest BCUT2D eigenvalue weighted by Crippen LogP contribution is -2.43. The molecule has 0 aliphatic carbocycles. The molecule has 0 unspecified atom stereocenters. The number of nitrogens with one attached hydrogen (secondary N) is 1. The number of hydrogen-bond donors (Lipinski definition) is 1. The molecule has 18 heavy (non-hydrogen) atoms. The number of hydrogen-bond acceptors (Lipinski definition) is 3. The van der Waals surface area contributed by atoms with Crippen LogP contribution in [0.5, 0.6) is 5.75 Å². The highest BCUT2D eigenvalue weighted by molar-refractivity contribution is 5.52. The molecule has 2 bridgehead atoms. The molecule has 2 fully saturated rings. The number of nitrogens with zero attached hydrogens (tertiary/aromatic N) is 1. The van der Waals surface area contributed by atoms with Crippen molar-refractivity contribution >= 4 is 5.69 Å². The summed E-state index contributed by atoms with van der Waals surface area (Å²) in [5.74, 6) is -0.172. The first-order valence-corrected chi connectivity index (χ1v) is 5.87. The molecule has 6 heteroatoms. The molecule has 2 aliphatic rings. The van der Waals surface area contributed by atoms with E-state index in [9.17, 15) is 13.2 Å². The highest BCUT2D eigenvalue weighted by Gasteiger charge is 2.37. The van der Waals surface area contributed by atoms with E-state index in [1.54, 1.807) is 12.1 Å². The largest absolute Gasteiger partial charge is 0.573 e. The van der Waals surface area contributed by atoms with Crippen LogP contribution in [0.4, 0.5) is 18.9 Å². The van der Waals surface area contributed by atoms with Crippen molar-refractivity contribution in [3.05, 3.63) is 24.3 Å². The number of anilines is 1. The number of piperazine rings is 1. The minimum absolute atomic E-state index is 0.172. The summed E-state index contributed by atoms with van der Waals surface area (Å²) in [6.07, 6.45) is -3.51. The van der Waals surface area contributed by atoms with Crippen molar-refractivity contribution in [3.63, 3.8) is 0 Å². The van der Waals surface area contributed by atoms with E-state index in [0.29, 0.717) is 12.1 Å². The van der Waals surface area contributed by atoms with Crippen molar-refractivity contribution in [2.24, 2.45) is 0 Å². The minimum atomic E-state index is -4.63. The van der Waals surface area contributed by atoms with E-state index in [2.05, 4.69) is 15.0 Å². The lowest BCUT2D eigenvalue weighted by Gasteiger charge is -2.29. The summed E-state index contributed by atoms with van der Waals surface area (Å²) in [4.78, 5) is 2.23. The van der Waals surface area contributed by atoms with Crippen LogP contribution in [0.15, 0.2) is 24.3 Å². The van der Waals surface area contributed by atoms with Gasteiger partial charge in [-0.2, -0.15) is 0 Å². The van der Waals surface area contributed by atoms with Gasteiger partial charge in [-0.15, -0.1) is 13.2 Å². The molecule has 1 N–H and O–H groups in total. The molecule has 2 saturated heterocycles. The Kier molecular flexibility index (Phi) is 2.62. The van der Waals surface area contributed by atoms with Gasteiger partial charge in [0.05, 0.1) is 0 Å². The maximum atomic E-state index is 12.0. The van der Waals surface area contributed by atoms with Crippen LogP contribution in [-0.2, 0) is 0 Å². The predicted molar refractivity (Wildman–Crippen MR) is 60.7 cm³/mol. The highest BCUT2D eigenvalue weighted by Crippen LogP contribution is 2.31. The monoisotopic (exact) mass is 258 g/mol. The number of fused-ring (bicyclic) bond motifs is 2. The summed E-state index contributed by atoms with van der Waals surface area (Å²) >= 11 is 0. The molecule has 2 aliphatic heterocycles. The number of ether oxygens (including phenoxy) is 1. The second-order valence-corrected chi connectivity index (χ2v) is 4.69. The van der Waals surface area contributed by atoms with Crippen LogP contribution < -0.4 is 15.0 Å². The van der Waals surface area contributed by atoms with Gasteiger partial charge in [0, 0.05) is 30.9 Å². The summed E-state index contributed by atoms with van der Waals surface area (Å²) in [6, 6.07) is 7.07. The third-order valence-corrected chi connectivity index (χ3v) is 3.46. The normalized spacial score (nSPS) is 26.7. The van der Waals surface area contributed by atoms with Crippen molar-refractivity contribution in [1.29, 1.82) is 0 Å². The predicted octanol–water partition coefficient (Wildman–Crippen LogP) is 2.14. The Labute approximate surface area is 103 Å². The molecule has 2 atom stereocenters. The van der Waals surface area contributed by atoms with Crippen molar-refractivity contribution in [2.75, 3.05) is 18.0 Å². The molecule has 3 rings (SSSR count). The standard InChI is InChI=1S/C12H13F3N2O/c13-12(14,15)18-11-3-1-9(2-4-11)17-7-8-5-10(17)6-16-8/h1-4,8,10,16H,5-7H2/t8-,10-/m0/s1. The van der Waals surface area contributed by atoms with Gasteiger partial charge < -0.3 is 15.0 Å². The van der Waals surface area contributed by atoms with Crippen molar-refractivity contribution in [2.45, 2.75) is 24.9 Å². The Morgan fingerprint density at radius 3 is 2.44 bits per heavy atom. The maximum Gasteiger partial charge on any atom is 0.573 e. The molecule has 3 nitrogen and oxygen atoms in total. The first-order valence-electron chi connectivity index (χ1n) is 5.87. The van der Waals surface area contributed by atoms with Crippen molar-refractivity contribution < 1.29 is 17.9 Å². The SMILES string of the molecule is FC(F)(F)Oc1ccc(N2C[C@@H]3C[C@H]2CN3)cc1. The molecule has 2 heterocycles. The van der Waals surface area contributed by atoms with Crippen LogP contribution in [-0.4, -0.2) is 31.5 Å². The molecular formula is C12H13F3N2O. The first-order chi connectivity index (χ1) is 8.51. The average molecular weight is 258 g/mol. The van der Waals surface area contributed by atoms with Crippen molar-refractivity contribution in [1.82, 2.24) is 5.32 Å². The molecular weight excluding hydrogens is 245 g/mol.